The highest BCUT2D eigenvalue weighted by Crippen LogP contribution is 2.28. The molecule has 8 nitrogen and oxygen atoms in total. The second-order valence-corrected chi connectivity index (χ2v) is 8.01. The minimum Gasteiger partial charge on any atom is -0.494 e. The van der Waals surface area contributed by atoms with Gasteiger partial charge in [-0.15, -0.1) is 0 Å². The zero-order chi connectivity index (χ0) is 22.5. The molecule has 0 aliphatic carbocycles. The van der Waals surface area contributed by atoms with E-state index in [1.54, 1.807) is 7.11 Å². The van der Waals surface area contributed by atoms with Crippen LogP contribution in [0.1, 0.15) is 13.8 Å². The van der Waals surface area contributed by atoms with Crippen LogP contribution in [-0.4, -0.2) is 53.6 Å². The number of hydrogen-bond acceptors (Lipinski definition) is 6. The molecule has 0 spiro atoms. The standard InChI is InChI=1S/C24H27N7O/c1-17(2)21-15-30(23-14-26-18-8-4-5-9-19(18)28-23)12-13-31(21)24(27-16-25)29-20-10-6-7-11-22(20)32-3/h4-11,14,17,21H,12-13,15H2,1-3H3,(H,27,29). The second kappa shape index (κ2) is 9.52. The summed E-state index contributed by atoms with van der Waals surface area (Å²) in [5, 5.41) is 12.2. The van der Waals surface area contributed by atoms with Crippen molar-refractivity contribution in [2.75, 3.05) is 31.6 Å². The van der Waals surface area contributed by atoms with Crippen LogP contribution in [0.3, 0.4) is 0 Å². The Morgan fingerprint density at radius 1 is 1.16 bits per heavy atom. The van der Waals surface area contributed by atoms with Crippen LogP contribution in [0.5, 0.6) is 5.75 Å². The first-order valence-corrected chi connectivity index (χ1v) is 10.7. The van der Waals surface area contributed by atoms with Gasteiger partial charge in [-0.25, -0.2) is 9.98 Å². The van der Waals surface area contributed by atoms with E-state index in [1.807, 2.05) is 60.9 Å². The van der Waals surface area contributed by atoms with Crippen molar-refractivity contribution in [3.63, 3.8) is 0 Å². The zero-order valence-corrected chi connectivity index (χ0v) is 18.6. The first kappa shape index (κ1) is 21.4. The third-order valence-corrected chi connectivity index (χ3v) is 5.70. The van der Waals surface area contributed by atoms with Crippen LogP contribution >= 0.6 is 0 Å². The Labute approximate surface area is 188 Å². The number of nitrogens with zero attached hydrogens (tertiary/aromatic N) is 6. The average Bonchev–Trinajstić information content (AvgIpc) is 2.83. The highest BCUT2D eigenvalue weighted by molar-refractivity contribution is 5.85. The number of nitrogens with one attached hydrogen (secondary N) is 1. The van der Waals surface area contributed by atoms with E-state index in [0.717, 1.165) is 29.9 Å². The minimum atomic E-state index is 0.131. The molecule has 1 aromatic heterocycles. The number of para-hydroxylation sites is 4. The lowest BCUT2D eigenvalue weighted by Gasteiger charge is -2.44. The quantitative estimate of drug-likeness (QED) is 0.294. The van der Waals surface area contributed by atoms with Gasteiger partial charge in [-0.3, -0.25) is 10.3 Å². The van der Waals surface area contributed by atoms with Crippen LogP contribution in [0.15, 0.2) is 59.7 Å². The third-order valence-electron chi connectivity index (χ3n) is 5.70. The van der Waals surface area contributed by atoms with Crippen molar-refractivity contribution in [1.82, 2.24) is 20.2 Å². The second-order valence-electron chi connectivity index (χ2n) is 8.01. The number of benzene rings is 2. The normalized spacial score (nSPS) is 16.8. The molecule has 4 rings (SSSR count). The molecule has 0 bridgehead atoms. The van der Waals surface area contributed by atoms with E-state index in [0.29, 0.717) is 29.9 Å². The Balaban J connectivity index is 1.63. The predicted octanol–water partition coefficient (Wildman–Crippen LogP) is 3.54. The summed E-state index contributed by atoms with van der Waals surface area (Å²) in [6.45, 7) is 6.55. The van der Waals surface area contributed by atoms with E-state index < -0.39 is 0 Å². The molecule has 1 unspecified atom stereocenters. The summed E-state index contributed by atoms with van der Waals surface area (Å²) in [6, 6.07) is 15.6. The van der Waals surface area contributed by atoms with Gasteiger partial charge in [-0.05, 0) is 30.2 Å². The van der Waals surface area contributed by atoms with Crippen LogP contribution in [-0.2, 0) is 0 Å². The van der Waals surface area contributed by atoms with E-state index in [9.17, 15) is 5.26 Å². The van der Waals surface area contributed by atoms with Crippen LogP contribution < -0.4 is 15.0 Å². The number of fused-ring (bicyclic) bond motifs is 1. The summed E-state index contributed by atoms with van der Waals surface area (Å²) in [7, 11) is 1.62. The van der Waals surface area contributed by atoms with E-state index in [-0.39, 0.29) is 6.04 Å². The number of aliphatic imine (C=N–C) groups is 1. The van der Waals surface area contributed by atoms with Crippen molar-refractivity contribution in [2.24, 2.45) is 10.9 Å². The molecule has 1 N–H and O–H groups in total. The van der Waals surface area contributed by atoms with Gasteiger partial charge in [0.1, 0.15) is 17.3 Å². The first-order valence-electron chi connectivity index (χ1n) is 10.7. The molecule has 0 saturated carbocycles. The smallest absolute Gasteiger partial charge is 0.213 e. The fraction of sp³-hybridized carbons (Fsp3) is 0.333. The van der Waals surface area contributed by atoms with Gasteiger partial charge in [-0.2, -0.15) is 5.26 Å². The maximum Gasteiger partial charge on any atom is 0.213 e. The van der Waals surface area contributed by atoms with Gasteiger partial charge < -0.3 is 14.5 Å². The molecule has 1 aliphatic rings. The predicted molar refractivity (Wildman–Crippen MR) is 126 cm³/mol. The Hall–Kier alpha value is -3.86. The number of piperazine rings is 1. The molecule has 1 saturated heterocycles. The van der Waals surface area contributed by atoms with Gasteiger partial charge in [0.15, 0.2) is 6.19 Å². The van der Waals surface area contributed by atoms with Crippen LogP contribution in [0, 0.1) is 17.4 Å². The summed E-state index contributed by atoms with van der Waals surface area (Å²) < 4.78 is 5.44. The molecule has 1 atom stereocenters. The summed E-state index contributed by atoms with van der Waals surface area (Å²) in [5.41, 5.74) is 2.45. The maximum atomic E-state index is 9.40. The number of methoxy groups -OCH3 is 1. The fourth-order valence-electron chi connectivity index (χ4n) is 4.00. The SMILES string of the molecule is COc1ccccc1N=C(NC#N)N1CCN(c2cnc3ccccc3n2)CC1C(C)C. The monoisotopic (exact) mass is 429 g/mol. The average molecular weight is 430 g/mol. The first-order chi connectivity index (χ1) is 15.6. The lowest BCUT2D eigenvalue weighted by Crippen LogP contribution is -2.59. The molecule has 1 aliphatic heterocycles. The highest BCUT2D eigenvalue weighted by atomic mass is 16.5. The number of rotatable bonds is 4. The van der Waals surface area contributed by atoms with Crippen molar-refractivity contribution >= 4 is 28.5 Å². The van der Waals surface area contributed by atoms with Crippen molar-refractivity contribution < 1.29 is 4.74 Å². The molecule has 32 heavy (non-hydrogen) atoms. The van der Waals surface area contributed by atoms with Crippen molar-refractivity contribution in [3.8, 4) is 11.9 Å². The minimum absolute atomic E-state index is 0.131. The van der Waals surface area contributed by atoms with Crippen LogP contribution in [0.2, 0.25) is 0 Å². The molecule has 0 amide bonds. The van der Waals surface area contributed by atoms with Crippen molar-refractivity contribution in [1.29, 1.82) is 5.26 Å². The van der Waals surface area contributed by atoms with Gasteiger partial charge >= 0.3 is 0 Å². The number of nitriles is 1. The van der Waals surface area contributed by atoms with Gasteiger partial charge in [0, 0.05) is 19.6 Å². The summed E-state index contributed by atoms with van der Waals surface area (Å²) in [6.07, 6.45) is 3.89. The molecule has 8 heteroatoms. The Kier molecular flexibility index (Phi) is 6.36. The lowest BCUT2D eigenvalue weighted by molar-refractivity contribution is 0.220. The van der Waals surface area contributed by atoms with Crippen LogP contribution in [0.25, 0.3) is 11.0 Å². The van der Waals surface area contributed by atoms with E-state index in [4.69, 9.17) is 14.7 Å². The number of guanidine groups is 1. The molecular formula is C24H27N7O. The number of hydrogen-bond donors (Lipinski definition) is 1. The van der Waals surface area contributed by atoms with Gasteiger partial charge in [0.25, 0.3) is 0 Å². The maximum absolute atomic E-state index is 9.40. The Morgan fingerprint density at radius 3 is 2.66 bits per heavy atom. The van der Waals surface area contributed by atoms with Gasteiger partial charge in [0.2, 0.25) is 5.96 Å². The molecule has 3 aromatic rings. The largest absolute Gasteiger partial charge is 0.494 e. The molecule has 1 fully saturated rings. The van der Waals surface area contributed by atoms with E-state index in [1.165, 1.54) is 0 Å². The summed E-state index contributed by atoms with van der Waals surface area (Å²) >= 11 is 0. The van der Waals surface area contributed by atoms with Gasteiger partial charge in [-0.1, -0.05) is 38.1 Å². The van der Waals surface area contributed by atoms with E-state index >= 15 is 0 Å². The van der Waals surface area contributed by atoms with Crippen LogP contribution in [0.4, 0.5) is 11.5 Å². The molecule has 2 heterocycles. The third kappa shape index (κ3) is 4.42. The molecule has 2 aromatic carbocycles. The highest BCUT2D eigenvalue weighted by Gasteiger charge is 2.32. The number of ether oxygens (including phenoxy) is 1. The Morgan fingerprint density at radius 2 is 1.91 bits per heavy atom. The number of anilines is 1. The molecule has 0 radical (unpaired) electrons. The van der Waals surface area contributed by atoms with Crippen molar-refractivity contribution in [2.45, 2.75) is 19.9 Å². The fourth-order valence-corrected chi connectivity index (χ4v) is 4.00. The summed E-state index contributed by atoms with van der Waals surface area (Å²) in [4.78, 5) is 18.6. The van der Waals surface area contributed by atoms with E-state index in [2.05, 4.69) is 33.9 Å². The van der Waals surface area contributed by atoms with Crippen molar-refractivity contribution in [3.05, 3.63) is 54.7 Å². The zero-order valence-electron chi connectivity index (χ0n) is 18.6. The topological polar surface area (TPSA) is 89.7 Å². The molecular weight excluding hydrogens is 402 g/mol. The summed E-state index contributed by atoms with van der Waals surface area (Å²) in [5.74, 6) is 2.39. The Bertz CT molecular complexity index is 1150. The molecule has 164 valence electrons. The lowest BCUT2D eigenvalue weighted by atomic mass is 10.00. The van der Waals surface area contributed by atoms with Gasteiger partial charge in [0.05, 0.1) is 30.4 Å². The number of aromatic nitrogens is 2.